The molecule has 0 aromatic heterocycles. The van der Waals surface area contributed by atoms with Gasteiger partial charge in [-0.2, -0.15) is 0 Å². The molecule has 2 N–H and O–H groups in total. The molecule has 0 aromatic carbocycles. The van der Waals surface area contributed by atoms with Crippen LogP contribution < -0.4 is 5.84 Å². The summed E-state index contributed by atoms with van der Waals surface area (Å²) in [5, 5.41) is 7.45. The summed E-state index contributed by atoms with van der Waals surface area (Å²) in [7, 11) is 0. The number of rotatable bonds is 65. The fourth-order valence-electron chi connectivity index (χ4n) is 11.5. The Kier molecular flexibility index (Phi) is 70.8. The number of nitrogens with two attached hydrogens (primary N) is 1. The average molecular weight is 1080 g/mol. The van der Waals surface area contributed by atoms with Gasteiger partial charge >= 0.3 is 0 Å². The highest BCUT2D eigenvalue weighted by molar-refractivity contribution is 4.72. The summed E-state index contributed by atoms with van der Waals surface area (Å²) < 4.78 is 0. The van der Waals surface area contributed by atoms with E-state index in [-0.39, 0.29) is 7.43 Å². The lowest BCUT2D eigenvalue weighted by atomic mass is 10.0. The van der Waals surface area contributed by atoms with Crippen LogP contribution >= 0.6 is 0 Å². The van der Waals surface area contributed by atoms with E-state index in [9.17, 15) is 0 Å². The van der Waals surface area contributed by atoms with Crippen molar-refractivity contribution in [3.8, 4) is 0 Å². The smallest absolute Gasteiger partial charge is 0.0648 e. The Morgan fingerprint density at radius 3 is 0.605 bits per heavy atom. The first kappa shape index (κ1) is 77.9. The molecule has 460 valence electrons. The number of hydrogen-bond acceptors (Lipinski definition) is 5. The molecule has 0 amide bonds. The van der Waals surface area contributed by atoms with Crippen molar-refractivity contribution in [3.05, 3.63) is 0 Å². The highest BCUT2D eigenvalue weighted by Gasteiger charge is 2.26. The van der Waals surface area contributed by atoms with Crippen LogP contribution in [0.15, 0.2) is 0 Å². The molecule has 1 aliphatic rings. The van der Waals surface area contributed by atoms with E-state index < -0.39 is 0 Å². The molecule has 0 atom stereocenters. The quantitative estimate of drug-likeness (QED) is 0.0216. The Labute approximate surface area is 484 Å². The van der Waals surface area contributed by atoms with Crippen molar-refractivity contribution in [2.45, 2.75) is 408 Å². The molecule has 0 unspecified atom stereocenters. The Bertz CT molecular complexity index is 988. The Morgan fingerprint density at radius 1 is 0.237 bits per heavy atom. The van der Waals surface area contributed by atoms with Gasteiger partial charge in [0.1, 0.15) is 0 Å². The molecule has 5 nitrogen and oxygen atoms in total. The van der Waals surface area contributed by atoms with E-state index in [1.54, 1.807) is 0 Å². The van der Waals surface area contributed by atoms with E-state index in [4.69, 9.17) is 5.84 Å². The van der Waals surface area contributed by atoms with E-state index in [0.717, 1.165) is 13.1 Å². The topological polar surface area (TPSA) is 38.8 Å². The minimum absolute atomic E-state index is 0. The van der Waals surface area contributed by atoms with Gasteiger partial charge in [0.05, 0.1) is 6.67 Å². The second-order valence-electron chi connectivity index (χ2n) is 24.9. The van der Waals surface area contributed by atoms with Gasteiger partial charge in [0.15, 0.2) is 0 Å². The predicted octanol–water partition coefficient (Wildman–Crippen LogP) is 23.9. The summed E-state index contributed by atoms with van der Waals surface area (Å²) in [5.41, 5.74) is 0. The summed E-state index contributed by atoms with van der Waals surface area (Å²) in [5.74, 6) is 6.15. The van der Waals surface area contributed by atoms with E-state index in [1.807, 2.05) is 0 Å². The fourth-order valence-corrected chi connectivity index (χ4v) is 11.5. The first-order valence-corrected chi connectivity index (χ1v) is 35.8. The molecule has 0 aliphatic carbocycles. The zero-order chi connectivity index (χ0) is 54.3. The molecule has 1 heterocycles. The van der Waals surface area contributed by atoms with Crippen molar-refractivity contribution in [2.75, 3.05) is 52.5 Å². The van der Waals surface area contributed by atoms with E-state index in [0.29, 0.717) is 0 Å². The minimum Gasteiger partial charge on any atom is -0.289 e. The third-order valence-electron chi connectivity index (χ3n) is 17.0. The highest BCUT2D eigenvalue weighted by Crippen LogP contribution is 2.19. The van der Waals surface area contributed by atoms with Crippen LogP contribution in [0.25, 0.3) is 0 Å². The largest absolute Gasteiger partial charge is 0.289 e. The van der Waals surface area contributed by atoms with Crippen molar-refractivity contribution in [2.24, 2.45) is 5.84 Å². The second kappa shape index (κ2) is 69.1. The Hall–Kier alpha value is -0.200. The molecule has 0 radical (unpaired) electrons. The summed E-state index contributed by atoms with van der Waals surface area (Å²) in [6, 6.07) is 0. The number of nitrogens with zero attached hydrogens (tertiary/aromatic N) is 4. The average Bonchev–Trinajstić information content (AvgIpc) is 4.27. The first-order valence-electron chi connectivity index (χ1n) is 35.8. The van der Waals surface area contributed by atoms with Gasteiger partial charge in [-0.25, -0.2) is 15.0 Å². The van der Waals surface area contributed by atoms with E-state index >= 15 is 0 Å². The highest BCUT2D eigenvalue weighted by atomic mass is 15.7. The van der Waals surface area contributed by atoms with Crippen LogP contribution in [-0.4, -0.2) is 72.4 Å². The van der Waals surface area contributed by atoms with E-state index in [2.05, 4.69) is 54.5 Å². The lowest BCUT2D eigenvalue weighted by molar-refractivity contribution is 0.0156. The van der Waals surface area contributed by atoms with Gasteiger partial charge < -0.3 is 0 Å². The van der Waals surface area contributed by atoms with Crippen molar-refractivity contribution in [1.29, 1.82) is 0 Å². The summed E-state index contributed by atoms with van der Waals surface area (Å²) in [4.78, 5) is 2.85. The summed E-state index contributed by atoms with van der Waals surface area (Å²) in [6.07, 6.45) is 81.6. The van der Waals surface area contributed by atoms with Gasteiger partial charge in [-0.05, 0) is 45.2 Å². The maximum Gasteiger partial charge on any atom is 0.0648 e. The monoisotopic (exact) mass is 1070 g/mol. The lowest BCUT2D eigenvalue weighted by Gasteiger charge is -2.31. The second-order valence-corrected chi connectivity index (χ2v) is 24.9. The van der Waals surface area contributed by atoms with Gasteiger partial charge in [0.2, 0.25) is 0 Å². The predicted molar refractivity (Wildman–Crippen MR) is 349 cm³/mol. The van der Waals surface area contributed by atoms with Gasteiger partial charge in [0.25, 0.3) is 0 Å². The fraction of sp³-hybridized carbons (Fsp3) is 1.00. The van der Waals surface area contributed by atoms with Gasteiger partial charge in [-0.15, -0.1) is 0 Å². The van der Waals surface area contributed by atoms with Crippen LogP contribution in [0.5, 0.6) is 0 Å². The zero-order valence-corrected chi connectivity index (χ0v) is 53.3. The van der Waals surface area contributed by atoms with Crippen molar-refractivity contribution in [1.82, 2.24) is 19.9 Å². The number of hydrazine groups is 2. The molecule has 1 fully saturated rings. The van der Waals surface area contributed by atoms with Crippen LogP contribution in [0.3, 0.4) is 0 Å². The Morgan fingerprint density at radius 2 is 0.408 bits per heavy atom. The van der Waals surface area contributed by atoms with Crippen LogP contribution in [0.2, 0.25) is 0 Å². The molecule has 1 aliphatic heterocycles. The van der Waals surface area contributed by atoms with Gasteiger partial charge in [-0.1, -0.05) is 376 Å². The molecule has 0 bridgehead atoms. The number of hydrogen-bond donors (Lipinski definition) is 1. The van der Waals surface area contributed by atoms with Gasteiger partial charge in [0, 0.05) is 32.7 Å². The molecule has 5 heteroatoms. The minimum atomic E-state index is 0. The molecule has 0 spiro atoms. The third-order valence-corrected chi connectivity index (χ3v) is 17.0. The van der Waals surface area contributed by atoms with Crippen LogP contribution in [-0.2, 0) is 0 Å². The normalized spacial score (nSPS) is 12.6. The standard InChI is InChI=1S/C44H91N3.C26H56N2.CH4/c1-4-7-10-13-16-19-22-25-28-31-34-37-40-45(39-36-33-30-27-24-21-18-15-12-9-6-3)44-47(46-42-43-46)41-38-35-32-29-26-23-20-17-14-11-8-5-2;1-3-5-7-9-11-13-15-16-18-20-22-24-26-28(27)25-23-21-19-17-14-12-10-8-6-4-2;/h4-44H2,1-3H3;3-27H2,1-2H3;1H4. The molecular weight excluding hydrogens is 923 g/mol. The number of unbranched alkanes of at least 4 members (excludes halogenated alkanes) is 52. The molecule has 0 saturated carbocycles. The molecule has 1 rings (SSSR count). The molecule has 0 aromatic rings. The lowest BCUT2D eigenvalue weighted by Crippen LogP contribution is -2.42. The van der Waals surface area contributed by atoms with Crippen molar-refractivity contribution < 1.29 is 0 Å². The summed E-state index contributed by atoms with van der Waals surface area (Å²) >= 11 is 0. The van der Waals surface area contributed by atoms with Crippen LogP contribution in [0.1, 0.15) is 408 Å². The van der Waals surface area contributed by atoms with E-state index in [1.165, 1.54) is 405 Å². The molecule has 1 saturated heterocycles. The zero-order valence-electron chi connectivity index (χ0n) is 53.3. The summed E-state index contributed by atoms with van der Waals surface area (Å²) in [6.45, 7) is 21.4. The Balaban J connectivity index is 0. The third kappa shape index (κ3) is 64.6. The molecular formula is C71H151N5. The van der Waals surface area contributed by atoms with Crippen LogP contribution in [0.4, 0.5) is 0 Å². The van der Waals surface area contributed by atoms with Gasteiger partial charge in [-0.3, -0.25) is 10.7 Å². The first-order chi connectivity index (χ1) is 37.1. The van der Waals surface area contributed by atoms with Crippen molar-refractivity contribution in [3.63, 3.8) is 0 Å². The molecule has 76 heavy (non-hydrogen) atoms. The maximum atomic E-state index is 6.15. The van der Waals surface area contributed by atoms with Crippen LogP contribution in [0, 0.1) is 0 Å². The maximum absolute atomic E-state index is 6.15. The van der Waals surface area contributed by atoms with Crippen molar-refractivity contribution >= 4 is 0 Å². The SMILES string of the molecule is C.CCCCCCCCCCCCCCN(CCCCCCCCCCCCC)CN(CCCCCCCCCCCCCC)N1CC1.CCCCCCCCCCCCCCN(N)CCCCCCCCCCCC.